The molecule has 1 aliphatic heterocycles. The molecule has 0 unspecified atom stereocenters. The van der Waals surface area contributed by atoms with Crippen molar-refractivity contribution in [2.24, 2.45) is 0 Å². The fourth-order valence-corrected chi connectivity index (χ4v) is 1.44. The maximum atomic E-state index is 11.8. The van der Waals surface area contributed by atoms with Crippen molar-refractivity contribution in [1.82, 2.24) is 25.6 Å². The molecule has 0 bridgehead atoms. The first kappa shape index (κ1) is 9.63. The highest BCUT2D eigenvalue weighted by Crippen LogP contribution is 2.02. The van der Waals surface area contributed by atoms with Crippen LogP contribution in [0.15, 0.2) is 6.20 Å². The number of nitrogens with zero attached hydrogens (tertiary/aromatic N) is 3. The molecular weight excluding hydrogens is 198 g/mol. The van der Waals surface area contributed by atoms with Gasteiger partial charge in [0.1, 0.15) is 0 Å². The van der Waals surface area contributed by atoms with Crippen molar-refractivity contribution < 1.29 is 9.59 Å². The monoisotopic (exact) mass is 209 g/mol. The summed E-state index contributed by atoms with van der Waals surface area (Å²) in [5.74, 6) is -0.217. The summed E-state index contributed by atoms with van der Waals surface area (Å²) in [5, 5.41) is 12.4. The molecule has 0 saturated carbocycles. The largest absolute Gasteiger partial charge is 0.354 e. The van der Waals surface area contributed by atoms with Gasteiger partial charge in [-0.25, -0.2) is 0 Å². The van der Waals surface area contributed by atoms with E-state index in [1.165, 1.54) is 6.20 Å². The summed E-state index contributed by atoms with van der Waals surface area (Å²) in [6.07, 6.45) is 1.71. The predicted octanol–water partition coefficient (Wildman–Crippen LogP) is -1.23. The molecule has 0 aliphatic carbocycles. The van der Waals surface area contributed by atoms with E-state index in [1.807, 2.05) is 0 Å². The van der Waals surface area contributed by atoms with Gasteiger partial charge >= 0.3 is 0 Å². The maximum Gasteiger partial charge on any atom is 0.276 e. The number of rotatable bonds is 1. The Morgan fingerprint density at radius 1 is 1.47 bits per heavy atom. The van der Waals surface area contributed by atoms with Crippen molar-refractivity contribution in [3.8, 4) is 0 Å². The van der Waals surface area contributed by atoms with Crippen LogP contribution in [0, 0.1) is 0 Å². The summed E-state index contributed by atoms with van der Waals surface area (Å²) in [6, 6.07) is 0. The molecule has 2 heterocycles. The van der Waals surface area contributed by atoms with E-state index in [4.69, 9.17) is 0 Å². The van der Waals surface area contributed by atoms with E-state index in [-0.39, 0.29) is 17.5 Å². The van der Waals surface area contributed by atoms with Crippen LogP contribution in [0.1, 0.15) is 16.9 Å². The molecule has 1 aliphatic rings. The van der Waals surface area contributed by atoms with Crippen molar-refractivity contribution in [2.45, 2.75) is 6.42 Å². The Morgan fingerprint density at radius 2 is 2.33 bits per heavy atom. The molecule has 80 valence electrons. The lowest BCUT2D eigenvalue weighted by atomic mass is 10.3. The fraction of sp³-hybridized carbons (Fsp3) is 0.500. The van der Waals surface area contributed by atoms with Crippen LogP contribution in [-0.2, 0) is 4.79 Å². The highest BCUT2D eigenvalue weighted by atomic mass is 16.2. The van der Waals surface area contributed by atoms with Gasteiger partial charge in [-0.1, -0.05) is 0 Å². The first-order valence-electron chi connectivity index (χ1n) is 4.69. The average molecular weight is 209 g/mol. The topological polar surface area (TPSA) is 91.0 Å². The zero-order chi connectivity index (χ0) is 10.7. The van der Waals surface area contributed by atoms with Gasteiger partial charge in [-0.15, -0.1) is 0 Å². The lowest BCUT2D eigenvalue weighted by molar-refractivity contribution is -0.120. The van der Waals surface area contributed by atoms with Crippen LogP contribution < -0.4 is 5.32 Å². The molecule has 1 saturated heterocycles. The zero-order valence-corrected chi connectivity index (χ0v) is 8.06. The smallest absolute Gasteiger partial charge is 0.276 e. The van der Waals surface area contributed by atoms with Gasteiger partial charge in [0.25, 0.3) is 5.91 Å². The number of H-pyrrole nitrogens is 1. The average Bonchev–Trinajstić information content (AvgIpc) is 2.67. The Kier molecular flexibility index (Phi) is 2.61. The van der Waals surface area contributed by atoms with E-state index in [0.717, 1.165) is 0 Å². The summed E-state index contributed by atoms with van der Waals surface area (Å²) in [5.41, 5.74) is 0.282. The van der Waals surface area contributed by atoms with Crippen LogP contribution in [0.2, 0.25) is 0 Å². The first-order chi connectivity index (χ1) is 7.27. The zero-order valence-electron chi connectivity index (χ0n) is 8.06. The normalized spacial score (nSPS) is 17.1. The minimum absolute atomic E-state index is 0.0227. The van der Waals surface area contributed by atoms with E-state index in [0.29, 0.717) is 26.1 Å². The molecular formula is C8H11N5O2. The van der Waals surface area contributed by atoms with Crippen LogP contribution in [-0.4, -0.2) is 51.8 Å². The Hall–Kier alpha value is -1.92. The second kappa shape index (κ2) is 4.07. The molecule has 0 radical (unpaired) electrons. The quantitative estimate of drug-likeness (QED) is 0.605. The molecule has 0 aromatic carbocycles. The van der Waals surface area contributed by atoms with Crippen LogP contribution >= 0.6 is 0 Å². The number of amides is 2. The van der Waals surface area contributed by atoms with E-state index in [1.54, 1.807) is 4.90 Å². The number of aromatic nitrogens is 3. The standard InChI is InChI=1S/C8H11N5O2/c14-7-1-3-13(4-2-9-7)8(15)6-5-10-12-11-6/h5H,1-4H2,(H,9,14)(H,10,11,12). The Morgan fingerprint density at radius 3 is 3.07 bits per heavy atom. The fourth-order valence-electron chi connectivity index (χ4n) is 1.44. The molecule has 1 aromatic rings. The third-order valence-corrected chi connectivity index (χ3v) is 2.23. The van der Waals surface area contributed by atoms with Crippen molar-refractivity contribution in [1.29, 1.82) is 0 Å². The van der Waals surface area contributed by atoms with E-state index >= 15 is 0 Å². The van der Waals surface area contributed by atoms with Gasteiger partial charge in [-0.2, -0.15) is 15.4 Å². The molecule has 0 atom stereocenters. The third kappa shape index (κ3) is 2.12. The minimum atomic E-state index is -0.194. The van der Waals surface area contributed by atoms with Gasteiger partial charge in [0, 0.05) is 26.1 Å². The van der Waals surface area contributed by atoms with Crippen molar-refractivity contribution in [3.63, 3.8) is 0 Å². The molecule has 2 N–H and O–H groups in total. The third-order valence-electron chi connectivity index (χ3n) is 2.23. The Labute approximate surface area is 85.8 Å². The maximum absolute atomic E-state index is 11.8. The second-order valence-corrected chi connectivity index (χ2v) is 3.25. The lowest BCUT2D eigenvalue weighted by Gasteiger charge is -2.17. The molecule has 2 rings (SSSR count). The highest BCUT2D eigenvalue weighted by Gasteiger charge is 2.21. The number of carbonyl (C=O) groups is 2. The second-order valence-electron chi connectivity index (χ2n) is 3.25. The predicted molar refractivity (Wildman–Crippen MR) is 49.9 cm³/mol. The van der Waals surface area contributed by atoms with Gasteiger partial charge in [-0.05, 0) is 0 Å². The van der Waals surface area contributed by atoms with Crippen LogP contribution in [0.4, 0.5) is 0 Å². The summed E-state index contributed by atoms with van der Waals surface area (Å²) in [6.45, 7) is 1.43. The first-order valence-corrected chi connectivity index (χ1v) is 4.69. The van der Waals surface area contributed by atoms with Gasteiger partial charge in [-0.3, -0.25) is 9.59 Å². The van der Waals surface area contributed by atoms with Gasteiger partial charge in [0.05, 0.1) is 6.20 Å². The number of carbonyl (C=O) groups excluding carboxylic acids is 2. The van der Waals surface area contributed by atoms with Crippen LogP contribution in [0.5, 0.6) is 0 Å². The van der Waals surface area contributed by atoms with E-state index in [9.17, 15) is 9.59 Å². The van der Waals surface area contributed by atoms with E-state index in [2.05, 4.69) is 20.7 Å². The highest BCUT2D eigenvalue weighted by molar-refractivity contribution is 5.92. The van der Waals surface area contributed by atoms with Crippen molar-refractivity contribution in [2.75, 3.05) is 19.6 Å². The number of nitrogens with one attached hydrogen (secondary N) is 2. The molecule has 7 nitrogen and oxygen atoms in total. The summed E-state index contributed by atoms with van der Waals surface area (Å²) >= 11 is 0. The van der Waals surface area contributed by atoms with Gasteiger partial charge < -0.3 is 10.2 Å². The molecule has 0 spiro atoms. The van der Waals surface area contributed by atoms with Gasteiger partial charge in [0.15, 0.2) is 5.69 Å². The SMILES string of the molecule is O=C1CCN(C(=O)c2cn[nH]n2)CCN1. The Balaban J connectivity index is 2.04. The summed E-state index contributed by atoms with van der Waals surface area (Å²) in [7, 11) is 0. The Bertz CT molecular complexity index is 361. The van der Waals surface area contributed by atoms with E-state index < -0.39 is 0 Å². The molecule has 1 aromatic heterocycles. The molecule has 2 amide bonds. The van der Waals surface area contributed by atoms with Crippen molar-refractivity contribution in [3.05, 3.63) is 11.9 Å². The van der Waals surface area contributed by atoms with Crippen molar-refractivity contribution >= 4 is 11.8 Å². The number of hydrogen-bond donors (Lipinski definition) is 2. The van der Waals surface area contributed by atoms with Crippen LogP contribution in [0.3, 0.4) is 0 Å². The van der Waals surface area contributed by atoms with Gasteiger partial charge in [0.2, 0.25) is 5.91 Å². The van der Waals surface area contributed by atoms with Crippen LogP contribution in [0.25, 0.3) is 0 Å². The number of hydrogen-bond acceptors (Lipinski definition) is 4. The summed E-state index contributed by atoms with van der Waals surface area (Å²) in [4.78, 5) is 24.4. The molecule has 7 heteroatoms. The molecule has 15 heavy (non-hydrogen) atoms. The molecule has 1 fully saturated rings. The number of aromatic amines is 1. The lowest BCUT2D eigenvalue weighted by Crippen LogP contribution is -2.34. The minimum Gasteiger partial charge on any atom is -0.354 e. The summed E-state index contributed by atoms with van der Waals surface area (Å²) < 4.78 is 0.